The van der Waals surface area contributed by atoms with E-state index in [0.29, 0.717) is 12.3 Å². The topological polar surface area (TPSA) is 59.8 Å². The minimum absolute atomic E-state index is 0.0347. The van der Waals surface area contributed by atoms with Crippen LogP contribution in [0.3, 0.4) is 0 Å². The van der Waals surface area contributed by atoms with Gasteiger partial charge in [0.15, 0.2) is 5.16 Å². The lowest BCUT2D eigenvalue weighted by atomic mass is 9.86. The second kappa shape index (κ2) is 10.5. The van der Waals surface area contributed by atoms with E-state index in [1.165, 1.54) is 50.3 Å². The molecule has 0 aliphatic heterocycles. The van der Waals surface area contributed by atoms with Gasteiger partial charge in [-0.3, -0.25) is 4.79 Å². The molecule has 1 amide bonds. The summed E-state index contributed by atoms with van der Waals surface area (Å²) in [5, 5.41) is 12.5. The van der Waals surface area contributed by atoms with E-state index in [9.17, 15) is 4.79 Å². The van der Waals surface area contributed by atoms with Gasteiger partial charge in [-0.2, -0.15) is 0 Å². The van der Waals surface area contributed by atoms with Gasteiger partial charge in [-0.05, 0) is 37.0 Å². The molecule has 5 nitrogen and oxygen atoms in total. The van der Waals surface area contributed by atoms with Gasteiger partial charge < -0.3 is 9.88 Å². The SMILES string of the molecule is C=CCn1c(CCC2CCCCC2)nnc1SCC(=O)Nc1cccc(C)c1. The van der Waals surface area contributed by atoms with E-state index in [-0.39, 0.29) is 5.91 Å². The van der Waals surface area contributed by atoms with Gasteiger partial charge in [-0.15, -0.1) is 16.8 Å². The number of thioether (sulfide) groups is 1. The molecule has 0 unspecified atom stereocenters. The average Bonchev–Trinajstić information content (AvgIpc) is 3.08. The van der Waals surface area contributed by atoms with Crippen LogP contribution in [0.25, 0.3) is 0 Å². The van der Waals surface area contributed by atoms with Crippen molar-refractivity contribution in [3.05, 3.63) is 48.3 Å². The Morgan fingerprint density at radius 1 is 1.32 bits per heavy atom. The van der Waals surface area contributed by atoms with Crippen LogP contribution in [0.15, 0.2) is 42.1 Å². The Balaban J connectivity index is 1.55. The van der Waals surface area contributed by atoms with Crippen molar-refractivity contribution in [1.82, 2.24) is 14.8 Å². The molecule has 28 heavy (non-hydrogen) atoms. The summed E-state index contributed by atoms with van der Waals surface area (Å²) in [5.41, 5.74) is 1.95. The Hall–Kier alpha value is -2.08. The third-order valence-electron chi connectivity index (χ3n) is 5.24. The Kier molecular flexibility index (Phi) is 7.71. The van der Waals surface area contributed by atoms with Gasteiger partial charge in [-0.25, -0.2) is 0 Å². The maximum atomic E-state index is 12.3. The maximum absolute atomic E-state index is 12.3. The fourth-order valence-corrected chi connectivity index (χ4v) is 4.55. The van der Waals surface area contributed by atoms with E-state index in [4.69, 9.17) is 0 Å². The van der Waals surface area contributed by atoms with Crippen LogP contribution < -0.4 is 5.32 Å². The molecule has 150 valence electrons. The van der Waals surface area contributed by atoms with Crippen LogP contribution in [0.5, 0.6) is 0 Å². The summed E-state index contributed by atoms with van der Waals surface area (Å²) >= 11 is 1.43. The summed E-state index contributed by atoms with van der Waals surface area (Å²) < 4.78 is 2.10. The Morgan fingerprint density at radius 3 is 2.89 bits per heavy atom. The zero-order chi connectivity index (χ0) is 19.8. The molecule has 1 aliphatic rings. The Morgan fingerprint density at radius 2 is 2.14 bits per heavy atom. The standard InChI is InChI=1S/C22H30N4OS/c1-3-14-26-20(13-12-18-9-5-4-6-10-18)24-25-22(26)28-16-21(27)23-19-11-7-8-17(2)15-19/h3,7-8,11,15,18H,1,4-6,9-10,12-14,16H2,2H3,(H,23,27). The number of benzene rings is 1. The molecular weight excluding hydrogens is 368 g/mol. The predicted molar refractivity (Wildman–Crippen MR) is 116 cm³/mol. The van der Waals surface area contributed by atoms with E-state index in [2.05, 4.69) is 26.7 Å². The van der Waals surface area contributed by atoms with E-state index >= 15 is 0 Å². The highest BCUT2D eigenvalue weighted by molar-refractivity contribution is 7.99. The number of rotatable bonds is 9. The van der Waals surface area contributed by atoms with Crippen molar-refractivity contribution in [2.45, 2.75) is 63.6 Å². The van der Waals surface area contributed by atoms with E-state index < -0.39 is 0 Å². The molecule has 1 aromatic heterocycles. The molecule has 0 saturated heterocycles. The van der Waals surface area contributed by atoms with Crippen molar-refractivity contribution in [2.75, 3.05) is 11.1 Å². The molecule has 0 bridgehead atoms. The van der Waals surface area contributed by atoms with E-state index in [0.717, 1.165) is 34.6 Å². The van der Waals surface area contributed by atoms with Crippen LogP contribution >= 0.6 is 11.8 Å². The molecule has 1 heterocycles. The van der Waals surface area contributed by atoms with Crippen LogP contribution in [-0.4, -0.2) is 26.4 Å². The van der Waals surface area contributed by atoms with Crippen LogP contribution in [0.4, 0.5) is 5.69 Å². The number of aromatic nitrogens is 3. The first-order valence-corrected chi connectivity index (χ1v) is 11.2. The van der Waals surface area contributed by atoms with Crippen molar-refractivity contribution in [3.63, 3.8) is 0 Å². The number of hydrogen-bond acceptors (Lipinski definition) is 4. The van der Waals surface area contributed by atoms with Crippen molar-refractivity contribution >= 4 is 23.4 Å². The molecule has 3 rings (SSSR count). The van der Waals surface area contributed by atoms with Gasteiger partial charge in [0, 0.05) is 18.7 Å². The first-order valence-electron chi connectivity index (χ1n) is 10.2. The van der Waals surface area contributed by atoms with Crippen LogP contribution in [0.1, 0.15) is 49.9 Å². The second-order valence-corrected chi connectivity index (χ2v) is 8.49. The van der Waals surface area contributed by atoms with E-state index in [1.54, 1.807) is 0 Å². The maximum Gasteiger partial charge on any atom is 0.234 e. The summed E-state index contributed by atoms with van der Waals surface area (Å²) in [4.78, 5) is 12.3. The number of allylic oxidation sites excluding steroid dienone is 1. The number of hydrogen-bond donors (Lipinski definition) is 1. The van der Waals surface area contributed by atoms with Crippen molar-refractivity contribution < 1.29 is 4.79 Å². The van der Waals surface area contributed by atoms with Crippen molar-refractivity contribution in [1.29, 1.82) is 0 Å². The molecular formula is C22H30N4OS. The van der Waals surface area contributed by atoms with E-state index in [1.807, 2.05) is 37.3 Å². The predicted octanol–water partition coefficient (Wildman–Crippen LogP) is 5.02. The zero-order valence-electron chi connectivity index (χ0n) is 16.7. The molecule has 2 aromatic rings. The van der Waals surface area contributed by atoms with Gasteiger partial charge in [0.25, 0.3) is 0 Å². The van der Waals surface area contributed by atoms with Crippen molar-refractivity contribution in [3.8, 4) is 0 Å². The Labute approximate surface area is 172 Å². The number of anilines is 1. The van der Waals surface area contributed by atoms with Crippen LogP contribution in [0, 0.1) is 12.8 Å². The summed E-state index contributed by atoms with van der Waals surface area (Å²) in [6.07, 6.45) is 10.8. The minimum Gasteiger partial charge on any atom is -0.325 e. The molecule has 6 heteroatoms. The van der Waals surface area contributed by atoms with Gasteiger partial charge in [-0.1, -0.05) is 62.1 Å². The number of amides is 1. The largest absolute Gasteiger partial charge is 0.325 e. The van der Waals surface area contributed by atoms with Crippen LogP contribution in [0.2, 0.25) is 0 Å². The lowest BCUT2D eigenvalue weighted by molar-refractivity contribution is -0.113. The second-order valence-electron chi connectivity index (χ2n) is 7.55. The lowest BCUT2D eigenvalue weighted by Crippen LogP contribution is -2.15. The first-order chi connectivity index (χ1) is 13.7. The molecule has 1 fully saturated rings. The molecule has 0 atom stereocenters. The molecule has 1 N–H and O–H groups in total. The van der Waals surface area contributed by atoms with Gasteiger partial charge in [0.05, 0.1) is 5.75 Å². The summed E-state index contributed by atoms with van der Waals surface area (Å²) in [7, 11) is 0. The third-order valence-corrected chi connectivity index (χ3v) is 6.21. The van der Waals surface area contributed by atoms with Gasteiger partial charge in [0.2, 0.25) is 5.91 Å². The summed E-state index contributed by atoms with van der Waals surface area (Å²) in [6, 6.07) is 7.82. The smallest absolute Gasteiger partial charge is 0.234 e. The highest BCUT2D eigenvalue weighted by Crippen LogP contribution is 2.28. The fraction of sp³-hybridized carbons (Fsp3) is 0.500. The van der Waals surface area contributed by atoms with Crippen LogP contribution in [-0.2, 0) is 17.8 Å². The average molecular weight is 399 g/mol. The quantitative estimate of drug-likeness (QED) is 0.476. The normalized spacial score (nSPS) is 14.8. The van der Waals surface area contributed by atoms with Gasteiger partial charge in [0.1, 0.15) is 5.82 Å². The summed E-state index contributed by atoms with van der Waals surface area (Å²) in [6.45, 7) is 6.55. The van der Waals surface area contributed by atoms with Crippen molar-refractivity contribution in [2.24, 2.45) is 5.92 Å². The third kappa shape index (κ3) is 5.96. The Bertz CT molecular complexity index is 796. The molecule has 1 aromatic carbocycles. The zero-order valence-corrected chi connectivity index (χ0v) is 17.5. The molecule has 0 spiro atoms. The first kappa shape index (κ1) is 20.6. The molecule has 1 saturated carbocycles. The number of aryl methyl sites for hydroxylation is 2. The number of nitrogens with zero attached hydrogens (tertiary/aromatic N) is 3. The summed E-state index contributed by atoms with van der Waals surface area (Å²) in [5.74, 6) is 2.10. The molecule has 0 radical (unpaired) electrons. The highest BCUT2D eigenvalue weighted by atomic mass is 32.2. The molecule has 1 aliphatic carbocycles. The monoisotopic (exact) mass is 398 g/mol. The fourth-order valence-electron chi connectivity index (χ4n) is 3.78. The van der Waals surface area contributed by atoms with Gasteiger partial charge >= 0.3 is 0 Å². The highest BCUT2D eigenvalue weighted by Gasteiger charge is 2.17. The minimum atomic E-state index is -0.0347. The number of carbonyl (C=O) groups is 1. The number of carbonyl (C=O) groups excluding carboxylic acids is 1. The number of nitrogens with one attached hydrogen (secondary N) is 1. The lowest BCUT2D eigenvalue weighted by Gasteiger charge is -2.21.